The molecule has 3 rings (SSSR count). The average molecular weight is 339 g/mol. The third-order valence-electron chi connectivity index (χ3n) is 3.61. The van der Waals surface area contributed by atoms with Gasteiger partial charge in [0.2, 0.25) is 0 Å². The number of fused-ring (bicyclic) bond motifs is 1. The van der Waals surface area contributed by atoms with Crippen molar-refractivity contribution in [1.29, 1.82) is 0 Å². The molecule has 2 nitrogen and oxygen atoms in total. The van der Waals surface area contributed by atoms with Gasteiger partial charge in [-0.25, -0.2) is 4.98 Å². The number of hydrogen-bond donors (Lipinski definition) is 0. The summed E-state index contributed by atoms with van der Waals surface area (Å²) in [5.74, 6) is 1.57. The Kier molecular flexibility index (Phi) is 4.53. The second-order valence-electron chi connectivity index (χ2n) is 5.13. The maximum Gasteiger partial charge on any atom is 0.111 e. The van der Waals surface area contributed by atoms with Crippen molar-refractivity contribution in [1.82, 2.24) is 9.55 Å². The fourth-order valence-electron chi connectivity index (χ4n) is 2.72. The third kappa shape index (κ3) is 2.96. The quantitative estimate of drug-likeness (QED) is 0.574. The molecule has 1 atom stereocenters. The Hall–Kier alpha value is -1.03. The summed E-state index contributed by atoms with van der Waals surface area (Å²) in [6.45, 7) is 2.22. The minimum atomic E-state index is 0.321. The van der Waals surface area contributed by atoms with Crippen molar-refractivity contribution >= 4 is 45.6 Å². The lowest BCUT2D eigenvalue weighted by molar-refractivity contribution is 0.538. The summed E-state index contributed by atoms with van der Waals surface area (Å²) < 4.78 is 2.28. The molecule has 5 heteroatoms. The minimum absolute atomic E-state index is 0.321. The first-order valence-electron chi connectivity index (χ1n) is 6.93. The van der Waals surface area contributed by atoms with Crippen LogP contribution in [0.1, 0.15) is 24.4 Å². The van der Waals surface area contributed by atoms with Crippen LogP contribution in [0.2, 0.25) is 5.02 Å². The second-order valence-corrected chi connectivity index (χ2v) is 6.69. The van der Waals surface area contributed by atoms with Gasteiger partial charge in [0, 0.05) is 18.3 Å². The van der Waals surface area contributed by atoms with Crippen LogP contribution < -0.4 is 0 Å². The molecule has 0 amide bonds. The van der Waals surface area contributed by atoms with E-state index in [1.54, 1.807) is 11.3 Å². The number of aryl methyl sites for hydroxylation is 1. The molecule has 110 valence electrons. The van der Waals surface area contributed by atoms with Crippen molar-refractivity contribution in [2.45, 2.75) is 25.8 Å². The number of nitrogens with zero attached hydrogens (tertiary/aromatic N) is 2. The van der Waals surface area contributed by atoms with Gasteiger partial charge in [-0.3, -0.25) is 0 Å². The first-order valence-corrected chi connectivity index (χ1v) is 8.78. The standard InChI is InChI=1S/C16H16Cl2N2S/c1-11(9-12-6-8-21-10-12)20-14-4-2-3-13(18)16(14)19-15(20)5-7-17/h2-4,6,8,10-11H,5,7,9H2,1H3. The first kappa shape index (κ1) is 14.9. The zero-order chi connectivity index (χ0) is 14.8. The molecular formula is C16H16Cl2N2S. The highest BCUT2D eigenvalue weighted by molar-refractivity contribution is 7.07. The summed E-state index contributed by atoms with van der Waals surface area (Å²) in [6, 6.07) is 8.44. The number of imidazole rings is 1. The highest BCUT2D eigenvalue weighted by Crippen LogP contribution is 2.29. The molecule has 0 saturated carbocycles. The summed E-state index contributed by atoms with van der Waals surface area (Å²) in [5.41, 5.74) is 3.31. The molecule has 0 aliphatic rings. The highest BCUT2D eigenvalue weighted by atomic mass is 35.5. The number of thiophene rings is 1. The van der Waals surface area contributed by atoms with E-state index in [1.807, 2.05) is 12.1 Å². The van der Waals surface area contributed by atoms with Crippen molar-refractivity contribution in [3.63, 3.8) is 0 Å². The largest absolute Gasteiger partial charge is 0.325 e. The van der Waals surface area contributed by atoms with E-state index in [9.17, 15) is 0 Å². The van der Waals surface area contributed by atoms with Gasteiger partial charge in [-0.05, 0) is 47.9 Å². The zero-order valence-electron chi connectivity index (χ0n) is 11.7. The monoisotopic (exact) mass is 338 g/mol. The van der Waals surface area contributed by atoms with E-state index in [0.29, 0.717) is 16.9 Å². The van der Waals surface area contributed by atoms with Gasteiger partial charge in [0.15, 0.2) is 0 Å². The van der Waals surface area contributed by atoms with Gasteiger partial charge < -0.3 is 4.57 Å². The van der Waals surface area contributed by atoms with Crippen molar-refractivity contribution in [2.24, 2.45) is 0 Å². The molecule has 0 bridgehead atoms. The first-order chi connectivity index (χ1) is 10.2. The molecule has 0 fully saturated rings. The van der Waals surface area contributed by atoms with Crippen LogP contribution in [0.3, 0.4) is 0 Å². The van der Waals surface area contributed by atoms with E-state index in [4.69, 9.17) is 28.2 Å². The van der Waals surface area contributed by atoms with Crippen molar-refractivity contribution in [3.05, 3.63) is 51.4 Å². The summed E-state index contributed by atoms with van der Waals surface area (Å²) >= 11 is 14.0. The van der Waals surface area contributed by atoms with Gasteiger partial charge >= 0.3 is 0 Å². The molecule has 2 aromatic heterocycles. The molecule has 3 aromatic rings. The van der Waals surface area contributed by atoms with Gasteiger partial charge in [-0.2, -0.15) is 11.3 Å². The van der Waals surface area contributed by atoms with E-state index in [0.717, 1.165) is 29.7 Å². The van der Waals surface area contributed by atoms with Crippen molar-refractivity contribution in [2.75, 3.05) is 5.88 Å². The Morgan fingerprint density at radius 3 is 2.90 bits per heavy atom. The molecule has 0 spiro atoms. The molecule has 0 saturated heterocycles. The average Bonchev–Trinajstić information content (AvgIpc) is 3.07. The Balaban J connectivity index is 2.06. The molecule has 0 aliphatic carbocycles. The molecule has 1 aromatic carbocycles. The fraction of sp³-hybridized carbons (Fsp3) is 0.312. The Morgan fingerprint density at radius 2 is 2.19 bits per heavy atom. The van der Waals surface area contributed by atoms with Crippen molar-refractivity contribution < 1.29 is 0 Å². The van der Waals surface area contributed by atoms with E-state index in [1.165, 1.54) is 5.56 Å². The van der Waals surface area contributed by atoms with Crippen LogP contribution in [-0.2, 0) is 12.8 Å². The Morgan fingerprint density at radius 1 is 1.33 bits per heavy atom. The van der Waals surface area contributed by atoms with Crippen LogP contribution in [-0.4, -0.2) is 15.4 Å². The number of benzene rings is 1. The van der Waals surface area contributed by atoms with E-state index in [2.05, 4.69) is 34.4 Å². The Labute approximate surface area is 138 Å². The predicted molar refractivity (Wildman–Crippen MR) is 91.9 cm³/mol. The molecule has 0 aliphatic heterocycles. The summed E-state index contributed by atoms with van der Waals surface area (Å²) in [4.78, 5) is 4.70. The normalized spacial score (nSPS) is 12.9. The van der Waals surface area contributed by atoms with Crippen LogP contribution in [0.5, 0.6) is 0 Å². The van der Waals surface area contributed by atoms with Gasteiger partial charge in [-0.15, -0.1) is 11.6 Å². The topological polar surface area (TPSA) is 17.8 Å². The summed E-state index contributed by atoms with van der Waals surface area (Å²) in [6.07, 6.45) is 1.73. The minimum Gasteiger partial charge on any atom is -0.325 e. The molecule has 2 heterocycles. The Bertz CT molecular complexity index is 734. The maximum atomic E-state index is 6.28. The van der Waals surface area contributed by atoms with E-state index in [-0.39, 0.29) is 0 Å². The second kappa shape index (κ2) is 6.39. The summed E-state index contributed by atoms with van der Waals surface area (Å²) in [7, 11) is 0. The number of hydrogen-bond acceptors (Lipinski definition) is 2. The van der Waals surface area contributed by atoms with Crippen LogP contribution in [0.15, 0.2) is 35.0 Å². The fourth-order valence-corrected chi connectivity index (χ4v) is 3.79. The van der Waals surface area contributed by atoms with Crippen LogP contribution in [0, 0.1) is 0 Å². The number of para-hydroxylation sites is 1. The third-order valence-corrected chi connectivity index (χ3v) is 4.84. The molecule has 21 heavy (non-hydrogen) atoms. The zero-order valence-corrected chi connectivity index (χ0v) is 14.0. The van der Waals surface area contributed by atoms with Crippen LogP contribution in [0.25, 0.3) is 11.0 Å². The van der Waals surface area contributed by atoms with Crippen molar-refractivity contribution in [3.8, 4) is 0 Å². The van der Waals surface area contributed by atoms with Crippen LogP contribution >= 0.6 is 34.5 Å². The number of aromatic nitrogens is 2. The van der Waals surface area contributed by atoms with Crippen LogP contribution in [0.4, 0.5) is 0 Å². The lowest BCUT2D eigenvalue weighted by atomic mass is 10.1. The smallest absolute Gasteiger partial charge is 0.111 e. The van der Waals surface area contributed by atoms with Gasteiger partial charge in [0.05, 0.1) is 10.5 Å². The molecule has 0 radical (unpaired) electrons. The van der Waals surface area contributed by atoms with Gasteiger partial charge in [-0.1, -0.05) is 17.7 Å². The highest BCUT2D eigenvalue weighted by Gasteiger charge is 2.17. The van der Waals surface area contributed by atoms with E-state index < -0.39 is 0 Å². The number of halogens is 2. The predicted octanol–water partition coefficient (Wildman–Crippen LogP) is 5.34. The van der Waals surface area contributed by atoms with E-state index >= 15 is 0 Å². The maximum absolute atomic E-state index is 6.28. The van der Waals surface area contributed by atoms with Gasteiger partial charge in [0.25, 0.3) is 0 Å². The lowest BCUT2D eigenvalue weighted by Gasteiger charge is -2.17. The molecule has 0 N–H and O–H groups in total. The SMILES string of the molecule is CC(Cc1ccsc1)n1c(CCCl)nc2c(Cl)cccc21. The van der Waals surface area contributed by atoms with Gasteiger partial charge in [0.1, 0.15) is 11.3 Å². The summed E-state index contributed by atoms with van der Waals surface area (Å²) in [5, 5.41) is 5.01. The number of alkyl halides is 1. The molecule has 1 unspecified atom stereocenters. The molecular weight excluding hydrogens is 323 g/mol. The number of rotatable bonds is 5. The lowest BCUT2D eigenvalue weighted by Crippen LogP contribution is -2.12.